The number of nitrogens with zero attached hydrogens (tertiary/aromatic N) is 3. The molecule has 1 aliphatic rings. The molecule has 0 aliphatic carbocycles. The standard InChI is InChI=1S/C29H23N3O7S/c1-3-39-28(35)23-24(17-9-5-4-6-10-17)30-29-31(25(23)18-11-7-13-20(15-18)38-2)27(34)22(40-29)16-19-12-8-14-21(26(19)33)32(36)37/h4-16,25,33H,3H2,1-2H3. The van der Waals surface area contributed by atoms with Gasteiger partial charge in [-0.1, -0.05) is 65.9 Å². The highest BCUT2D eigenvalue weighted by Crippen LogP contribution is 2.36. The van der Waals surface area contributed by atoms with Gasteiger partial charge < -0.3 is 14.6 Å². The summed E-state index contributed by atoms with van der Waals surface area (Å²) in [5.74, 6) is -0.647. The molecule has 0 spiro atoms. The third-order valence-electron chi connectivity index (χ3n) is 6.31. The summed E-state index contributed by atoms with van der Waals surface area (Å²) < 4.78 is 12.4. The highest BCUT2D eigenvalue weighted by molar-refractivity contribution is 7.07. The zero-order valence-corrected chi connectivity index (χ0v) is 22.3. The van der Waals surface area contributed by atoms with Crippen molar-refractivity contribution in [3.05, 3.63) is 125 Å². The van der Waals surface area contributed by atoms with Crippen LogP contribution in [-0.4, -0.2) is 34.3 Å². The van der Waals surface area contributed by atoms with E-state index in [1.54, 1.807) is 31.2 Å². The van der Waals surface area contributed by atoms with E-state index in [2.05, 4.69) is 0 Å². The highest BCUT2D eigenvalue weighted by Gasteiger charge is 2.35. The van der Waals surface area contributed by atoms with Crippen LogP contribution in [-0.2, 0) is 9.53 Å². The lowest BCUT2D eigenvalue weighted by atomic mass is 9.93. The summed E-state index contributed by atoms with van der Waals surface area (Å²) in [7, 11) is 1.52. The third kappa shape index (κ3) is 4.78. The predicted molar refractivity (Wildman–Crippen MR) is 149 cm³/mol. The van der Waals surface area contributed by atoms with E-state index >= 15 is 0 Å². The minimum Gasteiger partial charge on any atom is -0.502 e. The second-order valence-electron chi connectivity index (χ2n) is 8.68. The van der Waals surface area contributed by atoms with Crippen LogP contribution in [0.4, 0.5) is 5.69 Å². The molecule has 1 N–H and O–H groups in total. The first-order valence-electron chi connectivity index (χ1n) is 12.2. The maximum Gasteiger partial charge on any atom is 0.338 e. The molecule has 1 aromatic heterocycles. The number of benzene rings is 3. The molecule has 10 nitrogen and oxygen atoms in total. The molecule has 2 heterocycles. The summed E-state index contributed by atoms with van der Waals surface area (Å²) in [5, 5.41) is 21.8. The van der Waals surface area contributed by atoms with E-state index in [4.69, 9.17) is 14.5 Å². The van der Waals surface area contributed by atoms with E-state index in [0.29, 0.717) is 27.4 Å². The number of aromatic hydroxyl groups is 1. The van der Waals surface area contributed by atoms with Gasteiger partial charge in [0.15, 0.2) is 4.80 Å². The number of fused-ring (bicyclic) bond motifs is 1. The fourth-order valence-electron chi connectivity index (χ4n) is 4.52. The quantitative estimate of drug-likeness (QED) is 0.209. The number of aromatic nitrogens is 1. The lowest BCUT2D eigenvalue weighted by molar-refractivity contribution is -0.385. The highest BCUT2D eigenvalue weighted by atomic mass is 32.1. The first-order valence-corrected chi connectivity index (χ1v) is 13.0. The van der Waals surface area contributed by atoms with Gasteiger partial charge in [0.25, 0.3) is 5.56 Å². The summed E-state index contributed by atoms with van der Waals surface area (Å²) in [6.45, 7) is 1.81. The van der Waals surface area contributed by atoms with E-state index in [0.717, 1.165) is 11.3 Å². The van der Waals surface area contributed by atoms with E-state index in [9.17, 15) is 24.8 Å². The minimum absolute atomic E-state index is 0.102. The Morgan fingerprint density at radius 3 is 2.60 bits per heavy atom. The molecule has 0 saturated carbocycles. The van der Waals surface area contributed by atoms with Gasteiger partial charge in [-0.3, -0.25) is 19.5 Å². The number of rotatable bonds is 7. The summed E-state index contributed by atoms with van der Waals surface area (Å²) >= 11 is 1.04. The number of nitro groups is 1. The maximum atomic E-state index is 13.9. The second-order valence-corrected chi connectivity index (χ2v) is 9.69. The van der Waals surface area contributed by atoms with E-state index in [-0.39, 0.29) is 22.3 Å². The third-order valence-corrected chi connectivity index (χ3v) is 7.30. The molecular formula is C29H23N3O7S. The van der Waals surface area contributed by atoms with E-state index in [1.165, 1.54) is 36.0 Å². The molecule has 1 atom stereocenters. The molecule has 1 unspecified atom stereocenters. The number of ether oxygens (including phenoxy) is 2. The smallest absolute Gasteiger partial charge is 0.338 e. The summed E-state index contributed by atoms with van der Waals surface area (Å²) in [6, 6.07) is 19.3. The number of hydrogen-bond donors (Lipinski definition) is 1. The zero-order chi connectivity index (χ0) is 28.4. The molecule has 0 fully saturated rings. The van der Waals surface area contributed by atoms with Crippen molar-refractivity contribution < 1.29 is 24.3 Å². The first-order chi connectivity index (χ1) is 19.3. The Morgan fingerprint density at radius 2 is 1.90 bits per heavy atom. The Kier molecular flexibility index (Phi) is 7.30. The molecule has 202 valence electrons. The van der Waals surface area contributed by atoms with Crippen molar-refractivity contribution in [3.63, 3.8) is 0 Å². The van der Waals surface area contributed by atoms with Crippen LogP contribution in [0.1, 0.15) is 29.7 Å². The average molecular weight is 558 g/mol. The van der Waals surface area contributed by atoms with Crippen molar-refractivity contribution in [2.75, 3.05) is 13.7 Å². The van der Waals surface area contributed by atoms with Crippen molar-refractivity contribution >= 4 is 34.8 Å². The van der Waals surface area contributed by atoms with Crippen molar-refractivity contribution in [2.45, 2.75) is 13.0 Å². The van der Waals surface area contributed by atoms with Gasteiger partial charge in [0.05, 0.1) is 40.5 Å². The van der Waals surface area contributed by atoms with Gasteiger partial charge in [0.2, 0.25) is 5.75 Å². The van der Waals surface area contributed by atoms with Crippen LogP contribution in [0.15, 0.2) is 88.2 Å². The van der Waals surface area contributed by atoms with Crippen LogP contribution in [0, 0.1) is 10.1 Å². The molecule has 40 heavy (non-hydrogen) atoms. The lowest BCUT2D eigenvalue weighted by Crippen LogP contribution is -2.40. The second kappa shape index (κ2) is 11.0. The Morgan fingerprint density at radius 1 is 1.15 bits per heavy atom. The number of hydrogen-bond acceptors (Lipinski definition) is 9. The number of methoxy groups -OCH3 is 1. The average Bonchev–Trinajstić information content (AvgIpc) is 3.28. The first kappa shape index (κ1) is 26.6. The summed E-state index contributed by atoms with van der Waals surface area (Å²) in [4.78, 5) is 43.1. The van der Waals surface area contributed by atoms with Crippen LogP contribution >= 0.6 is 11.3 Å². The number of phenolic OH excluding ortho intramolecular Hbond substituents is 1. The molecule has 0 saturated heterocycles. The number of phenols is 1. The van der Waals surface area contributed by atoms with Crippen molar-refractivity contribution in [3.8, 4) is 11.5 Å². The largest absolute Gasteiger partial charge is 0.502 e. The topological polar surface area (TPSA) is 133 Å². The Bertz CT molecular complexity index is 1840. The molecule has 3 aromatic carbocycles. The van der Waals surface area contributed by atoms with Gasteiger partial charge in [0, 0.05) is 17.2 Å². The fourth-order valence-corrected chi connectivity index (χ4v) is 5.51. The van der Waals surface area contributed by atoms with Gasteiger partial charge >= 0.3 is 11.7 Å². The molecule has 11 heteroatoms. The zero-order valence-electron chi connectivity index (χ0n) is 21.4. The van der Waals surface area contributed by atoms with Crippen molar-refractivity contribution in [1.82, 2.24) is 4.57 Å². The van der Waals surface area contributed by atoms with Gasteiger partial charge in [0.1, 0.15) is 5.75 Å². The number of para-hydroxylation sites is 1. The molecule has 0 radical (unpaired) electrons. The van der Waals surface area contributed by atoms with E-state index < -0.39 is 33.9 Å². The van der Waals surface area contributed by atoms with Crippen LogP contribution in [0.2, 0.25) is 0 Å². The maximum absolute atomic E-state index is 13.9. The van der Waals surface area contributed by atoms with Gasteiger partial charge in [-0.2, -0.15) is 0 Å². The van der Waals surface area contributed by atoms with Gasteiger partial charge in [-0.15, -0.1) is 0 Å². The molecule has 4 aromatic rings. The Labute approximate surface area is 231 Å². The van der Waals surface area contributed by atoms with Crippen molar-refractivity contribution in [2.24, 2.45) is 4.99 Å². The van der Waals surface area contributed by atoms with Gasteiger partial charge in [-0.05, 0) is 30.7 Å². The monoisotopic (exact) mass is 557 g/mol. The molecule has 0 amide bonds. The Balaban J connectivity index is 1.84. The molecule has 0 bridgehead atoms. The molecule has 5 rings (SSSR count). The number of nitro benzene ring substituents is 1. The number of carbonyl (C=O) groups excluding carboxylic acids is 1. The van der Waals surface area contributed by atoms with Crippen LogP contribution < -0.4 is 19.6 Å². The van der Waals surface area contributed by atoms with Crippen LogP contribution in [0.3, 0.4) is 0 Å². The minimum atomic E-state index is -0.915. The van der Waals surface area contributed by atoms with E-state index in [1.807, 2.05) is 30.3 Å². The molecule has 1 aliphatic heterocycles. The van der Waals surface area contributed by atoms with Crippen LogP contribution in [0.5, 0.6) is 11.5 Å². The van der Waals surface area contributed by atoms with Crippen LogP contribution in [0.25, 0.3) is 11.8 Å². The Hall–Kier alpha value is -5.03. The lowest BCUT2D eigenvalue weighted by Gasteiger charge is -2.26. The van der Waals surface area contributed by atoms with Crippen molar-refractivity contribution in [1.29, 1.82) is 0 Å². The number of carbonyl (C=O) groups is 1. The summed E-state index contributed by atoms with van der Waals surface area (Å²) in [6.07, 6.45) is 1.38. The fraction of sp³-hybridized carbons (Fsp3) is 0.138. The predicted octanol–water partition coefficient (Wildman–Crippen LogP) is 3.56. The normalized spacial score (nSPS) is 14.8. The molecular weight excluding hydrogens is 534 g/mol. The summed E-state index contributed by atoms with van der Waals surface area (Å²) in [5.41, 5.74) is 0.925. The number of esters is 1. The number of thiazole rings is 1. The van der Waals surface area contributed by atoms with Gasteiger partial charge in [-0.25, -0.2) is 9.79 Å². The SMILES string of the molecule is CCOC(=O)C1=C(c2ccccc2)N=c2sc(=Cc3cccc([N+](=O)[O-])c3O)c(=O)n2C1c1cccc(OC)c1.